The number of aliphatic hydroxyl groups excluding tert-OH is 1. The summed E-state index contributed by atoms with van der Waals surface area (Å²) in [6.45, 7) is 3.12. The maximum absolute atomic E-state index is 8.59. The van der Waals surface area contributed by atoms with Crippen LogP contribution in [0.5, 0.6) is 5.75 Å². The first-order chi connectivity index (χ1) is 11.3. The highest BCUT2D eigenvalue weighted by Gasteiger charge is 1.98. The number of ether oxygens (including phenoxy) is 2. The van der Waals surface area contributed by atoms with Crippen LogP contribution in [0.15, 0.2) is 48.5 Å². The molecule has 0 atom stereocenters. The minimum atomic E-state index is 0.0669. The van der Waals surface area contributed by atoms with Crippen LogP contribution in [-0.4, -0.2) is 31.5 Å². The van der Waals surface area contributed by atoms with Gasteiger partial charge in [0.25, 0.3) is 0 Å². The first-order valence-corrected chi connectivity index (χ1v) is 8.01. The number of hydrogen-bond acceptors (Lipinski definition) is 4. The van der Waals surface area contributed by atoms with Crippen molar-refractivity contribution in [2.75, 3.05) is 26.4 Å². The lowest BCUT2D eigenvalue weighted by Crippen LogP contribution is -2.19. The molecule has 5 heteroatoms. The summed E-state index contributed by atoms with van der Waals surface area (Å²) in [6, 6.07) is 15.7. The van der Waals surface area contributed by atoms with Crippen LogP contribution in [0.1, 0.15) is 11.1 Å². The summed E-state index contributed by atoms with van der Waals surface area (Å²) >= 11 is 5.86. The van der Waals surface area contributed by atoms with E-state index in [-0.39, 0.29) is 6.61 Å². The molecule has 0 saturated carbocycles. The van der Waals surface area contributed by atoms with Crippen molar-refractivity contribution < 1.29 is 14.6 Å². The van der Waals surface area contributed by atoms with Gasteiger partial charge in [-0.05, 0) is 35.4 Å². The van der Waals surface area contributed by atoms with Gasteiger partial charge in [-0.3, -0.25) is 0 Å². The van der Waals surface area contributed by atoms with Crippen molar-refractivity contribution in [3.63, 3.8) is 0 Å². The number of rotatable bonds is 10. The van der Waals surface area contributed by atoms with E-state index in [4.69, 9.17) is 26.2 Å². The SMILES string of the molecule is OCCOCCNCc1ccc(OCc2ccc(Cl)cc2)cc1. The number of nitrogens with one attached hydrogen (secondary N) is 1. The molecular formula is C18H22ClNO3. The number of halogens is 1. The molecule has 0 saturated heterocycles. The second-order valence-electron chi connectivity index (χ2n) is 5.07. The molecule has 0 fully saturated rings. The predicted molar refractivity (Wildman–Crippen MR) is 91.8 cm³/mol. The second kappa shape index (κ2) is 10.2. The van der Waals surface area contributed by atoms with Crippen LogP contribution >= 0.6 is 11.6 Å². The largest absolute Gasteiger partial charge is 0.489 e. The highest BCUT2D eigenvalue weighted by Crippen LogP contribution is 2.15. The van der Waals surface area contributed by atoms with E-state index < -0.39 is 0 Å². The van der Waals surface area contributed by atoms with E-state index in [1.54, 1.807) is 0 Å². The molecule has 0 bridgehead atoms. The normalized spacial score (nSPS) is 10.7. The first-order valence-electron chi connectivity index (χ1n) is 7.63. The Morgan fingerprint density at radius 3 is 2.30 bits per heavy atom. The smallest absolute Gasteiger partial charge is 0.119 e. The zero-order valence-corrected chi connectivity index (χ0v) is 13.8. The quantitative estimate of drug-likeness (QED) is 0.655. The van der Waals surface area contributed by atoms with E-state index in [0.29, 0.717) is 19.8 Å². The second-order valence-corrected chi connectivity index (χ2v) is 5.51. The van der Waals surface area contributed by atoms with Gasteiger partial charge in [0.1, 0.15) is 12.4 Å². The van der Waals surface area contributed by atoms with Crippen LogP contribution in [0.3, 0.4) is 0 Å². The van der Waals surface area contributed by atoms with Crippen LogP contribution in [-0.2, 0) is 17.9 Å². The van der Waals surface area contributed by atoms with Gasteiger partial charge in [0.05, 0.1) is 19.8 Å². The molecule has 0 spiro atoms. The highest BCUT2D eigenvalue weighted by molar-refractivity contribution is 6.30. The summed E-state index contributed by atoms with van der Waals surface area (Å²) < 4.78 is 10.9. The van der Waals surface area contributed by atoms with E-state index in [2.05, 4.69) is 5.32 Å². The Morgan fingerprint density at radius 1 is 0.913 bits per heavy atom. The van der Waals surface area contributed by atoms with E-state index in [0.717, 1.165) is 29.4 Å². The van der Waals surface area contributed by atoms with Crippen molar-refractivity contribution in [2.45, 2.75) is 13.2 Å². The van der Waals surface area contributed by atoms with E-state index >= 15 is 0 Å². The van der Waals surface area contributed by atoms with Crippen LogP contribution in [0, 0.1) is 0 Å². The maximum atomic E-state index is 8.59. The lowest BCUT2D eigenvalue weighted by molar-refractivity contribution is 0.0938. The molecule has 2 aromatic carbocycles. The zero-order chi connectivity index (χ0) is 16.3. The fourth-order valence-corrected chi connectivity index (χ4v) is 2.12. The summed E-state index contributed by atoms with van der Waals surface area (Å²) in [6.07, 6.45) is 0. The molecule has 23 heavy (non-hydrogen) atoms. The highest BCUT2D eigenvalue weighted by atomic mass is 35.5. The Hall–Kier alpha value is -1.59. The predicted octanol–water partition coefficient (Wildman–Crippen LogP) is 3.02. The van der Waals surface area contributed by atoms with Crippen molar-refractivity contribution in [3.8, 4) is 5.75 Å². The van der Waals surface area contributed by atoms with Crippen molar-refractivity contribution >= 4 is 11.6 Å². The molecular weight excluding hydrogens is 314 g/mol. The molecule has 2 N–H and O–H groups in total. The summed E-state index contributed by atoms with van der Waals surface area (Å²) in [5.74, 6) is 0.843. The van der Waals surface area contributed by atoms with Gasteiger partial charge in [-0.15, -0.1) is 0 Å². The van der Waals surface area contributed by atoms with Crippen molar-refractivity contribution in [1.82, 2.24) is 5.32 Å². The zero-order valence-electron chi connectivity index (χ0n) is 13.0. The molecule has 0 radical (unpaired) electrons. The summed E-state index contributed by atoms with van der Waals surface area (Å²) in [5.41, 5.74) is 2.27. The first kappa shape index (κ1) is 17.8. The van der Waals surface area contributed by atoms with Gasteiger partial charge in [0.2, 0.25) is 0 Å². The summed E-state index contributed by atoms with van der Waals surface area (Å²) in [5, 5.41) is 12.6. The third kappa shape index (κ3) is 7.01. The van der Waals surface area contributed by atoms with Crippen LogP contribution in [0.4, 0.5) is 0 Å². The molecule has 0 unspecified atom stereocenters. The number of aliphatic hydroxyl groups is 1. The molecule has 0 heterocycles. The average molecular weight is 336 g/mol. The third-order valence-corrected chi connectivity index (χ3v) is 3.48. The fraction of sp³-hybridized carbons (Fsp3) is 0.333. The average Bonchev–Trinajstić information content (AvgIpc) is 2.58. The monoisotopic (exact) mass is 335 g/mol. The maximum Gasteiger partial charge on any atom is 0.119 e. The lowest BCUT2D eigenvalue weighted by Gasteiger charge is -2.08. The van der Waals surface area contributed by atoms with Gasteiger partial charge in [-0.1, -0.05) is 35.9 Å². The standard InChI is InChI=1S/C18H22ClNO3/c19-17-5-1-16(2-6-17)14-23-18-7-3-15(4-8-18)13-20-9-11-22-12-10-21/h1-8,20-21H,9-14H2. The van der Waals surface area contributed by atoms with E-state index in [9.17, 15) is 0 Å². The molecule has 2 rings (SSSR count). The molecule has 0 aliphatic heterocycles. The van der Waals surface area contributed by atoms with Gasteiger partial charge in [-0.25, -0.2) is 0 Å². The molecule has 0 aromatic heterocycles. The van der Waals surface area contributed by atoms with Gasteiger partial charge < -0.3 is 19.9 Å². The Labute approximate surface area is 142 Å². The number of benzene rings is 2. The Bertz CT molecular complexity index is 557. The summed E-state index contributed by atoms with van der Waals surface area (Å²) in [4.78, 5) is 0. The Balaban J connectivity index is 1.68. The molecule has 0 aliphatic carbocycles. The number of hydrogen-bond donors (Lipinski definition) is 2. The molecule has 0 aliphatic rings. The van der Waals surface area contributed by atoms with E-state index in [1.165, 1.54) is 5.56 Å². The minimum absolute atomic E-state index is 0.0669. The summed E-state index contributed by atoms with van der Waals surface area (Å²) in [7, 11) is 0. The van der Waals surface area contributed by atoms with Crippen LogP contribution in [0.2, 0.25) is 5.02 Å². The van der Waals surface area contributed by atoms with Crippen molar-refractivity contribution in [2.24, 2.45) is 0 Å². The lowest BCUT2D eigenvalue weighted by atomic mass is 10.2. The molecule has 4 nitrogen and oxygen atoms in total. The van der Waals surface area contributed by atoms with Crippen LogP contribution < -0.4 is 10.1 Å². The topological polar surface area (TPSA) is 50.7 Å². The van der Waals surface area contributed by atoms with Crippen molar-refractivity contribution in [3.05, 3.63) is 64.7 Å². The molecule has 2 aromatic rings. The van der Waals surface area contributed by atoms with Gasteiger partial charge in [0.15, 0.2) is 0 Å². The van der Waals surface area contributed by atoms with Gasteiger partial charge in [-0.2, -0.15) is 0 Å². The molecule has 0 amide bonds. The van der Waals surface area contributed by atoms with Gasteiger partial charge in [0, 0.05) is 18.1 Å². The Kier molecular flexibility index (Phi) is 7.90. The fourth-order valence-electron chi connectivity index (χ4n) is 1.99. The van der Waals surface area contributed by atoms with Crippen LogP contribution in [0.25, 0.3) is 0 Å². The minimum Gasteiger partial charge on any atom is -0.489 e. The Morgan fingerprint density at radius 2 is 1.61 bits per heavy atom. The molecule has 124 valence electrons. The van der Waals surface area contributed by atoms with E-state index in [1.807, 2.05) is 48.5 Å². The van der Waals surface area contributed by atoms with Crippen molar-refractivity contribution in [1.29, 1.82) is 0 Å². The third-order valence-electron chi connectivity index (χ3n) is 3.23. The van der Waals surface area contributed by atoms with Gasteiger partial charge >= 0.3 is 0 Å².